The molecule has 0 bridgehead atoms. The van der Waals surface area contributed by atoms with E-state index < -0.39 is 81.7 Å². The fourth-order valence-corrected chi connectivity index (χ4v) is 21.2. The average Bonchev–Trinajstić information content (AvgIpc) is 1.58. The number of pyridine rings is 2. The summed E-state index contributed by atoms with van der Waals surface area (Å²) in [6.45, 7) is 34.4. The SMILES string of the molecule is BrCCN1CCCCC1.C=C[C@@H]1C[C@]1(CC(=O)[C@@H]1C[C@@H](Oc2cc(-c3coc(NC(C)C)n3)nc3c(Cl)c(O)ccc23)CN1C(=O)[C@@H](CC(=O)OC1C[C@@H]2C[C@@H]2C1)C(C)(C)C)C(=O)OC.C=C[C@@H]1C[C@]1(CC(=O)[C@@H]1C[C@@H](Oc2cc(-c3coc(NC(C)C)n3)nc3c(Cl)c(OCCN4CCCCC4)ccc23)CN1C(=O)[C@@H](CC(=O)OC1C[C@@H]2C[C@@H]2C1)C(C)(C)C)C(=O)OC. The zero-order chi connectivity index (χ0) is 92.3. The highest BCUT2D eigenvalue weighted by molar-refractivity contribution is 9.09. The molecule has 0 spiro atoms. The maximum absolute atomic E-state index is 15.0. The van der Waals surface area contributed by atoms with Crippen molar-refractivity contribution in [1.82, 2.24) is 39.5 Å². The van der Waals surface area contributed by atoms with Crippen LogP contribution < -0.4 is 24.8 Å². The highest BCUT2D eigenvalue weighted by atomic mass is 79.9. The van der Waals surface area contributed by atoms with E-state index in [9.17, 15) is 43.5 Å². The lowest BCUT2D eigenvalue weighted by Gasteiger charge is -2.35. The van der Waals surface area contributed by atoms with Gasteiger partial charge in [-0.3, -0.25) is 43.3 Å². The van der Waals surface area contributed by atoms with Gasteiger partial charge in [0.1, 0.15) is 88.0 Å². The number of phenolic OH excluding ortho intramolecular Hbond substituents is 1. The normalized spacial score (nSPS) is 26.7. The highest BCUT2D eigenvalue weighted by Crippen LogP contribution is 2.60. The third-order valence-corrected chi connectivity index (χ3v) is 29.0. The Bertz CT molecular complexity index is 5090. The molecule has 0 radical (unpaired) electrons. The van der Waals surface area contributed by atoms with Gasteiger partial charge < -0.3 is 72.4 Å². The molecule has 6 aromatic rings. The van der Waals surface area contributed by atoms with Crippen LogP contribution >= 0.6 is 39.1 Å². The number of Topliss-reactive ketones (excluding diaryl/α,β-unsaturated/α-hetero) is 2. The number of ketones is 2. The molecular weight excluding hydrogens is 1760 g/mol. The number of oxazole rings is 2. The minimum absolute atomic E-state index is 0.0124. The molecule has 700 valence electrons. The van der Waals surface area contributed by atoms with Crippen LogP contribution in [0.1, 0.15) is 198 Å². The number of methoxy groups -OCH3 is 2. The summed E-state index contributed by atoms with van der Waals surface area (Å²) in [7, 11) is 2.61. The van der Waals surface area contributed by atoms with Crippen molar-refractivity contribution in [3.63, 3.8) is 0 Å². The Morgan fingerprint density at radius 2 is 0.961 bits per heavy atom. The zero-order valence-corrected chi connectivity index (χ0v) is 79.8. The first kappa shape index (κ1) is 96.2. The Labute approximate surface area is 775 Å². The Balaban J connectivity index is 0.000000191. The van der Waals surface area contributed by atoms with Crippen molar-refractivity contribution in [3.8, 4) is 45.8 Å². The number of esters is 4. The molecule has 2 amide bonds. The summed E-state index contributed by atoms with van der Waals surface area (Å²) in [4.78, 5) is 139. The number of carbonyl (C=O) groups excluding carboxylic acids is 8. The molecule has 4 saturated heterocycles. The predicted octanol–water partition coefficient (Wildman–Crippen LogP) is 17.3. The van der Waals surface area contributed by atoms with Gasteiger partial charge in [0.05, 0.1) is 97.3 Å². The number of alkyl halides is 1. The molecular formula is C98H129BrCl2N10O18. The Hall–Kier alpha value is -8.90. The zero-order valence-electron chi connectivity index (χ0n) is 76.7. The molecule has 10 aliphatic rings. The van der Waals surface area contributed by atoms with Gasteiger partial charge in [-0.25, -0.2) is 9.97 Å². The first-order valence-electron chi connectivity index (χ1n) is 46.3. The molecule has 3 N–H and O–H groups in total. The van der Waals surface area contributed by atoms with Crippen LogP contribution in [-0.4, -0.2) is 219 Å². The Morgan fingerprint density at radius 1 is 0.550 bits per heavy atom. The second-order valence-electron chi connectivity index (χ2n) is 40.2. The van der Waals surface area contributed by atoms with Crippen LogP contribution in [0.25, 0.3) is 44.6 Å². The van der Waals surface area contributed by atoms with Crippen LogP contribution in [0.3, 0.4) is 0 Å². The number of halogens is 3. The second-order valence-corrected chi connectivity index (χ2v) is 41.7. The number of anilines is 2. The molecule has 2 unspecified atom stereocenters. The molecule has 28 nitrogen and oxygen atoms in total. The molecule has 4 aliphatic heterocycles. The topological polar surface area (TPSA) is 336 Å². The Kier molecular flexibility index (Phi) is 30.3. The number of nitrogens with one attached hydrogen (secondary N) is 2. The summed E-state index contributed by atoms with van der Waals surface area (Å²) in [5.74, 6) is -1.53. The van der Waals surface area contributed by atoms with Crippen LogP contribution in [0.2, 0.25) is 10.0 Å². The number of piperidine rings is 2. The van der Waals surface area contributed by atoms with Gasteiger partial charge in [-0.2, -0.15) is 9.97 Å². The van der Waals surface area contributed by atoms with E-state index in [1.807, 2.05) is 81.4 Å². The van der Waals surface area contributed by atoms with Crippen molar-refractivity contribution >= 4 is 120 Å². The first-order valence-corrected chi connectivity index (χ1v) is 48.2. The number of hydrogen-bond donors (Lipinski definition) is 3. The number of benzene rings is 2. The van der Waals surface area contributed by atoms with Gasteiger partial charge in [0, 0.05) is 79.1 Å². The van der Waals surface area contributed by atoms with Crippen molar-refractivity contribution in [2.75, 3.05) is 89.1 Å². The van der Waals surface area contributed by atoms with E-state index in [0.29, 0.717) is 116 Å². The van der Waals surface area contributed by atoms with E-state index in [1.165, 1.54) is 109 Å². The van der Waals surface area contributed by atoms with Crippen LogP contribution in [0.4, 0.5) is 12.0 Å². The van der Waals surface area contributed by atoms with E-state index in [0.717, 1.165) is 50.6 Å². The number of rotatable bonds is 34. The van der Waals surface area contributed by atoms with E-state index in [4.69, 9.17) is 75.2 Å². The molecule has 4 aromatic heterocycles. The lowest BCUT2D eigenvalue weighted by atomic mass is 9.77. The lowest BCUT2D eigenvalue weighted by Crippen LogP contribution is -2.48. The summed E-state index contributed by atoms with van der Waals surface area (Å²) in [6.07, 6.45) is 19.0. The van der Waals surface area contributed by atoms with E-state index in [-0.39, 0.29) is 127 Å². The third kappa shape index (κ3) is 22.7. The van der Waals surface area contributed by atoms with E-state index in [2.05, 4.69) is 59.5 Å². The lowest BCUT2D eigenvalue weighted by molar-refractivity contribution is -0.157. The number of nitrogens with zero attached hydrogens (tertiary/aromatic N) is 8. The minimum atomic E-state index is -1.05. The van der Waals surface area contributed by atoms with Crippen molar-refractivity contribution in [3.05, 3.63) is 84.3 Å². The summed E-state index contributed by atoms with van der Waals surface area (Å²) in [6, 6.07) is 9.05. The summed E-state index contributed by atoms with van der Waals surface area (Å²) < 4.78 is 53.3. The van der Waals surface area contributed by atoms with Gasteiger partial charge in [-0.15, -0.1) is 13.2 Å². The maximum Gasteiger partial charge on any atom is 0.312 e. The van der Waals surface area contributed by atoms with Crippen molar-refractivity contribution in [1.29, 1.82) is 0 Å². The molecule has 16 atom stereocenters. The molecule has 129 heavy (non-hydrogen) atoms. The van der Waals surface area contributed by atoms with Gasteiger partial charge >= 0.3 is 23.9 Å². The number of aromatic hydroxyl groups is 1. The molecule has 10 fully saturated rings. The van der Waals surface area contributed by atoms with Gasteiger partial charge in [0.15, 0.2) is 11.6 Å². The van der Waals surface area contributed by atoms with Crippen LogP contribution in [0.5, 0.6) is 23.0 Å². The highest BCUT2D eigenvalue weighted by Gasteiger charge is 2.63. The number of amides is 2. The maximum atomic E-state index is 15.0. The number of ether oxygens (including phenoxy) is 7. The molecule has 6 saturated carbocycles. The van der Waals surface area contributed by atoms with Crippen LogP contribution in [-0.2, 0) is 57.3 Å². The van der Waals surface area contributed by atoms with Gasteiger partial charge in [0.25, 0.3) is 12.0 Å². The largest absolute Gasteiger partial charge is 0.506 e. The van der Waals surface area contributed by atoms with Crippen LogP contribution in [0, 0.1) is 69.0 Å². The molecule has 8 heterocycles. The number of fused-ring (bicyclic) bond motifs is 4. The summed E-state index contributed by atoms with van der Waals surface area (Å²) in [5, 5.41) is 19.3. The number of aromatic nitrogens is 4. The second kappa shape index (κ2) is 40.7. The molecule has 31 heteroatoms. The molecule has 16 rings (SSSR count). The summed E-state index contributed by atoms with van der Waals surface area (Å²) >= 11 is 17.2. The van der Waals surface area contributed by atoms with E-state index in [1.54, 1.807) is 35.3 Å². The number of hydrogen-bond acceptors (Lipinski definition) is 26. The smallest absolute Gasteiger partial charge is 0.312 e. The van der Waals surface area contributed by atoms with Gasteiger partial charge in [-0.05, 0) is 202 Å². The van der Waals surface area contributed by atoms with Crippen LogP contribution in [0.15, 0.2) is 83.1 Å². The fraction of sp³-hybridized carbons (Fsp3) is 0.633. The van der Waals surface area contributed by atoms with Gasteiger partial charge in [0.2, 0.25) is 11.8 Å². The van der Waals surface area contributed by atoms with Gasteiger partial charge in [-0.1, -0.05) is 106 Å². The minimum Gasteiger partial charge on any atom is -0.506 e. The monoisotopic (exact) mass is 1880 g/mol. The third-order valence-electron chi connectivity index (χ3n) is 27.9. The standard InChI is InChI=1S/C49H64ClN5O9.C42H51ClN4O9.C7H14BrN/c1-8-31-24-49(31,46(59)60-7)25-39(56)38-21-33(26-55(38)45(58)35(48(4,5)6)22-42(57)64-32-19-29-18-30(29)20-32)63-41-23-36(37-27-62-47(53-37)51-28(2)3)52-44-34(41)12-13-40(43(44)50)61-17-16-54-14-10-9-11-15-54;1-8-24-17-42(24,39(52)53-7)18-33(49)31-14-26(19-47(31)38(51)28(41(4,5)6)15-35(50)56-25-12-22-11-23(22)13-25)55-34-16-29(30-20-54-40(46-30)44-21(2)3)45-37-27(34)9-10-32(48)36(37)43;8-4-7-9-5-2-1-3-6-9/h8,12-13,23,27-33,35,38H,1,9-11,14-22,24-26H2,2-7H3,(H,51,53);8-10,16,20-26,28,31,48H,1,11-15,17-19H2,2-7H3,(H,44,46);1-7H2/t29-,30+,31-,32?,33-,35-,38+,49-;22-,23+,24-,25?,26-,28-,31+,42-;/m11./s1. The first-order chi connectivity index (χ1) is 61.5. The predicted molar refractivity (Wildman–Crippen MR) is 494 cm³/mol. The fourth-order valence-electron chi connectivity index (χ4n) is 20.2. The number of phenols is 1. The average molecular weight is 1890 g/mol. The molecule has 6 aliphatic carbocycles. The molecule has 2 aromatic carbocycles. The van der Waals surface area contributed by atoms with Crippen molar-refractivity contribution < 1.29 is 85.5 Å². The number of carbonyl (C=O) groups is 8. The number of allylic oxidation sites excluding steroid dienone is 2. The number of likely N-dealkylation sites (tertiary alicyclic amines) is 4. The quantitative estimate of drug-likeness (QED) is 0.0146. The summed E-state index contributed by atoms with van der Waals surface area (Å²) in [5.41, 5.74) is -1.09. The van der Waals surface area contributed by atoms with E-state index >= 15 is 0 Å². The van der Waals surface area contributed by atoms with Crippen molar-refractivity contribution in [2.24, 2.45) is 69.0 Å². The Morgan fingerprint density at radius 3 is 1.35 bits per heavy atom. The van der Waals surface area contributed by atoms with Crippen molar-refractivity contribution in [2.45, 2.75) is 246 Å².